The van der Waals surface area contributed by atoms with Gasteiger partial charge in [0.15, 0.2) is 0 Å². The van der Waals surface area contributed by atoms with E-state index in [1.807, 2.05) is 0 Å². The number of hydrogen-bond acceptors (Lipinski definition) is 3. The Hall–Kier alpha value is -1.10. The van der Waals surface area contributed by atoms with E-state index in [-0.39, 0.29) is 17.7 Å². The summed E-state index contributed by atoms with van der Waals surface area (Å²) < 4.78 is 0. The maximum atomic E-state index is 12.0. The zero-order chi connectivity index (χ0) is 14.3. The fraction of sp³-hybridized carbons (Fsp3) is 0.857. The summed E-state index contributed by atoms with van der Waals surface area (Å²) in [6.45, 7) is 3.80. The smallest absolute Gasteiger partial charge is 0.242 e. The highest BCUT2D eigenvalue weighted by Crippen LogP contribution is 2.23. The summed E-state index contributed by atoms with van der Waals surface area (Å²) >= 11 is 0. The molecule has 0 aromatic carbocycles. The van der Waals surface area contributed by atoms with Crippen LogP contribution in [0.15, 0.2) is 0 Å². The van der Waals surface area contributed by atoms with Crippen LogP contribution >= 0.6 is 0 Å². The molecule has 5 nitrogen and oxygen atoms in total. The van der Waals surface area contributed by atoms with Crippen LogP contribution in [0.2, 0.25) is 0 Å². The first kappa shape index (κ1) is 16.0. The van der Waals surface area contributed by atoms with E-state index in [9.17, 15) is 9.59 Å². The second-order valence-corrected chi connectivity index (χ2v) is 5.49. The molecule has 1 rings (SSSR count). The largest absolute Gasteiger partial charge is 0.393 e. The number of amides is 2. The molecule has 3 N–H and O–H groups in total. The topological polar surface area (TPSA) is 78.4 Å². The second-order valence-electron chi connectivity index (χ2n) is 5.49. The molecular formula is C14H26N2O3. The molecule has 0 aromatic heterocycles. The molecule has 1 saturated carbocycles. The summed E-state index contributed by atoms with van der Waals surface area (Å²) in [7, 11) is 0. The monoisotopic (exact) mass is 270 g/mol. The fourth-order valence-corrected chi connectivity index (χ4v) is 2.32. The van der Waals surface area contributed by atoms with Gasteiger partial charge in [-0.25, -0.2) is 0 Å². The minimum absolute atomic E-state index is 0.00197. The lowest BCUT2D eigenvalue weighted by Crippen LogP contribution is -2.47. The van der Waals surface area contributed by atoms with Crippen LogP contribution in [-0.4, -0.2) is 35.6 Å². The Morgan fingerprint density at radius 3 is 2.42 bits per heavy atom. The van der Waals surface area contributed by atoms with Crippen molar-refractivity contribution in [3.63, 3.8) is 0 Å². The van der Waals surface area contributed by atoms with Gasteiger partial charge in [-0.15, -0.1) is 0 Å². The molecule has 0 radical (unpaired) electrons. The molecule has 0 bridgehead atoms. The molecule has 0 heterocycles. The van der Waals surface area contributed by atoms with E-state index in [2.05, 4.69) is 10.6 Å². The molecule has 5 heteroatoms. The molecule has 2 atom stereocenters. The van der Waals surface area contributed by atoms with Gasteiger partial charge in [-0.05, 0) is 33.1 Å². The highest BCUT2D eigenvalue weighted by atomic mass is 16.3. The lowest BCUT2D eigenvalue weighted by molar-refractivity contribution is -0.131. The van der Waals surface area contributed by atoms with E-state index in [0.717, 1.165) is 25.7 Å². The van der Waals surface area contributed by atoms with Crippen molar-refractivity contribution in [2.45, 2.75) is 64.5 Å². The van der Waals surface area contributed by atoms with Gasteiger partial charge in [-0.3, -0.25) is 9.59 Å². The second kappa shape index (κ2) is 8.15. The van der Waals surface area contributed by atoms with Crippen LogP contribution in [0, 0.1) is 5.92 Å². The van der Waals surface area contributed by atoms with E-state index < -0.39 is 12.1 Å². The minimum atomic E-state index is -0.511. The van der Waals surface area contributed by atoms with Crippen molar-refractivity contribution < 1.29 is 14.7 Å². The predicted molar refractivity (Wildman–Crippen MR) is 73.5 cm³/mol. The number of aliphatic hydroxyl groups excluding tert-OH is 1. The summed E-state index contributed by atoms with van der Waals surface area (Å²) in [6.07, 6.45) is 5.38. The number of carbonyl (C=O) groups excluding carboxylic acids is 2. The fourth-order valence-electron chi connectivity index (χ4n) is 2.32. The van der Waals surface area contributed by atoms with Gasteiger partial charge in [-0.2, -0.15) is 0 Å². The highest BCUT2D eigenvalue weighted by molar-refractivity contribution is 5.88. The standard InChI is InChI=1S/C14H26N2O3/c1-10(17)8-9-15-13(18)11(2)16-14(19)12-6-4-3-5-7-12/h10-12,17H,3-9H2,1-2H3,(H,15,18)(H,16,19). The van der Waals surface area contributed by atoms with Crippen molar-refractivity contribution in [1.82, 2.24) is 10.6 Å². The van der Waals surface area contributed by atoms with Crippen LogP contribution in [0.4, 0.5) is 0 Å². The Kier molecular flexibility index (Phi) is 6.84. The average molecular weight is 270 g/mol. The molecule has 2 amide bonds. The number of nitrogens with one attached hydrogen (secondary N) is 2. The van der Waals surface area contributed by atoms with Gasteiger partial charge in [0, 0.05) is 12.5 Å². The number of aliphatic hydroxyl groups is 1. The summed E-state index contributed by atoms with van der Waals surface area (Å²) in [4.78, 5) is 23.7. The Balaban J connectivity index is 2.26. The molecular weight excluding hydrogens is 244 g/mol. The van der Waals surface area contributed by atoms with Gasteiger partial charge >= 0.3 is 0 Å². The van der Waals surface area contributed by atoms with E-state index >= 15 is 0 Å². The lowest BCUT2D eigenvalue weighted by atomic mass is 9.88. The zero-order valence-corrected chi connectivity index (χ0v) is 11.9. The third-order valence-electron chi connectivity index (χ3n) is 3.59. The molecule has 0 aromatic rings. The number of hydrogen-bond donors (Lipinski definition) is 3. The first-order valence-corrected chi connectivity index (χ1v) is 7.27. The van der Waals surface area contributed by atoms with Gasteiger partial charge in [-0.1, -0.05) is 19.3 Å². The quantitative estimate of drug-likeness (QED) is 0.672. The van der Waals surface area contributed by atoms with E-state index in [0.29, 0.717) is 13.0 Å². The zero-order valence-electron chi connectivity index (χ0n) is 11.9. The van der Waals surface area contributed by atoms with Gasteiger partial charge in [0.1, 0.15) is 6.04 Å². The molecule has 110 valence electrons. The summed E-state index contributed by atoms with van der Waals surface area (Å²) in [6, 6.07) is -0.511. The third-order valence-corrected chi connectivity index (χ3v) is 3.59. The first-order valence-electron chi connectivity index (χ1n) is 7.27. The number of rotatable bonds is 6. The normalized spacial score (nSPS) is 19.5. The summed E-state index contributed by atoms with van der Waals surface area (Å²) in [5.41, 5.74) is 0. The first-order chi connectivity index (χ1) is 9.00. The van der Waals surface area contributed by atoms with Crippen LogP contribution in [0.1, 0.15) is 52.4 Å². The van der Waals surface area contributed by atoms with E-state index in [1.54, 1.807) is 13.8 Å². The molecule has 1 aliphatic rings. The van der Waals surface area contributed by atoms with E-state index in [1.165, 1.54) is 6.42 Å². The van der Waals surface area contributed by atoms with Crippen LogP contribution < -0.4 is 10.6 Å². The van der Waals surface area contributed by atoms with Crippen LogP contribution in [0.3, 0.4) is 0 Å². The minimum Gasteiger partial charge on any atom is -0.393 e. The molecule has 0 saturated heterocycles. The van der Waals surface area contributed by atoms with Crippen molar-refractivity contribution in [3.8, 4) is 0 Å². The van der Waals surface area contributed by atoms with Crippen LogP contribution in [0.25, 0.3) is 0 Å². The summed E-state index contributed by atoms with van der Waals surface area (Å²) in [5.74, 6) is -0.121. The molecule has 0 aliphatic heterocycles. The Labute approximate surface area is 115 Å². The van der Waals surface area contributed by atoms with Gasteiger partial charge in [0.25, 0.3) is 0 Å². The van der Waals surface area contributed by atoms with Crippen molar-refractivity contribution >= 4 is 11.8 Å². The average Bonchev–Trinajstić information content (AvgIpc) is 2.39. The van der Waals surface area contributed by atoms with Gasteiger partial charge in [0.2, 0.25) is 11.8 Å². The molecule has 0 spiro atoms. The Morgan fingerprint density at radius 2 is 1.84 bits per heavy atom. The van der Waals surface area contributed by atoms with Crippen molar-refractivity contribution in [3.05, 3.63) is 0 Å². The van der Waals surface area contributed by atoms with Gasteiger partial charge < -0.3 is 15.7 Å². The third kappa shape index (κ3) is 6.05. The Morgan fingerprint density at radius 1 is 1.21 bits per heavy atom. The molecule has 2 unspecified atom stereocenters. The SMILES string of the molecule is CC(O)CCNC(=O)C(C)NC(=O)C1CCCCC1. The summed E-state index contributed by atoms with van der Waals surface area (Å²) in [5, 5.41) is 14.6. The maximum absolute atomic E-state index is 12.0. The van der Waals surface area contributed by atoms with Crippen LogP contribution in [0.5, 0.6) is 0 Å². The number of carbonyl (C=O) groups is 2. The van der Waals surface area contributed by atoms with Crippen molar-refractivity contribution in [2.75, 3.05) is 6.54 Å². The van der Waals surface area contributed by atoms with Crippen molar-refractivity contribution in [1.29, 1.82) is 0 Å². The van der Waals surface area contributed by atoms with E-state index in [4.69, 9.17) is 5.11 Å². The molecule has 1 aliphatic carbocycles. The highest BCUT2D eigenvalue weighted by Gasteiger charge is 2.24. The molecule has 1 fully saturated rings. The van der Waals surface area contributed by atoms with Crippen molar-refractivity contribution in [2.24, 2.45) is 5.92 Å². The maximum Gasteiger partial charge on any atom is 0.242 e. The Bertz CT molecular complexity index is 299. The van der Waals surface area contributed by atoms with Crippen LogP contribution in [-0.2, 0) is 9.59 Å². The predicted octanol–water partition coefficient (Wildman–Crippen LogP) is 0.958. The lowest BCUT2D eigenvalue weighted by Gasteiger charge is -2.23. The van der Waals surface area contributed by atoms with Gasteiger partial charge in [0.05, 0.1) is 6.10 Å². The molecule has 19 heavy (non-hydrogen) atoms.